The van der Waals surface area contributed by atoms with Crippen LogP contribution in [0.5, 0.6) is 0 Å². The lowest BCUT2D eigenvalue weighted by molar-refractivity contribution is -0.141. The molecular weight excluding hydrogens is 273 g/mol. The molecule has 0 fully saturated rings. The van der Waals surface area contributed by atoms with Crippen molar-refractivity contribution in [1.29, 1.82) is 0 Å². The van der Waals surface area contributed by atoms with Gasteiger partial charge in [-0.3, -0.25) is 0 Å². The number of rotatable bonds is 8. The predicted molar refractivity (Wildman–Crippen MR) is 70.8 cm³/mol. The van der Waals surface area contributed by atoms with Crippen molar-refractivity contribution in [2.75, 3.05) is 37.4 Å². The molecular formula is C12H19F3N4O. The summed E-state index contributed by atoms with van der Waals surface area (Å²) in [6.07, 6.45) is -3.04. The molecule has 0 aliphatic heterocycles. The molecule has 1 rings (SSSR count). The summed E-state index contributed by atoms with van der Waals surface area (Å²) in [5.41, 5.74) is -0.958. The van der Waals surface area contributed by atoms with Gasteiger partial charge in [-0.2, -0.15) is 18.2 Å². The molecule has 0 unspecified atom stereocenters. The lowest BCUT2D eigenvalue weighted by Crippen LogP contribution is -2.15. The molecule has 0 amide bonds. The summed E-state index contributed by atoms with van der Waals surface area (Å²) in [7, 11) is 1.57. The van der Waals surface area contributed by atoms with Crippen molar-refractivity contribution in [3.05, 3.63) is 11.8 Å². The van der Waals surface area contributed by atoms with Gasteiger partial charge in [-0.05, 0) is 12.8 Å². The minimum atomic E-state index is -4.49. The molecule has 0 aliphatic carbocycles. The maximum absolute atomic E-state index is 12.7. The van der Waals surface area contributed by atoms with Crippen molar-refractivity contribution in [2.24, 2.45) is 0 Å². The summed E-state index contributed by atoms with van der Waals surface area (Å²) < 4.78 is 43.1. The Morgan fingerprint density at radius 3 is 2.55 bits per heavy atom. The number of anilines is 2. The van der Waals surface area contributed by atoms with Gasteiger partial charge in [-0.1, -0.05) is 6.92 Å². The van der Waals surface area contributed by atoms with E-state index < -0.39 is 11.9 Å². The minimum absolute atomic E-state index is 0.0177. The van der Waals surface area contributed by atoms with Gasteiger partial charge >= 0.3 is 6.18 Å². The lowest BCUT2D eigenvalue weighted by atomic mass is 10.3. The van der Waals surface area contributed by atoms with Crippen molar-refractivity contribution >= 4 is 11.8 Å². The number of ether oxygens (including phenoxy) is 1. The number of halogens is 3. The van der Waals surface area contributed by atoms with Crippen molar-refractivity contribution in [3.8, 4) is 0 Å². The molecule has 5 nitrogen and oxygen atoms in total. The highest BCUT2D eigenvalue weighted by Crippen LogP contribution is 2.29. The number of alkyl halides is 3. The lowest BCUT2D eigenvalue weighted by Gasteiger charge is -2.12. The molecule has 0 radical (unpaired) electrons. The Hall–Kier alpha value is -1.57. The number of methoxy groups -OCH3 is 1. The van der Waals surface area contributed by atoms with Crippen LogP contribution in [0.1, 0.15) is 25.5 Å². The molecule has 0 saturated carbocycles. The molecule has 8 heteroatoms. The van der Waals surface area contributed by atoms with Gasteiger partial charge in [-0.25, -0.2) is 4.98 Å². The number of aromatic nitrogens is 2. The van der Waals surface area contributed by atoms with E-state index in [2.05, 4.69) is 20.6 Å². The molecule has 1 aromatic rings. The van der Waals surface area contributed by atoms with Crippen LogP contribution < -0.4 is 10.6 Å². The van der Waals surface area contributed by atoms with Crippen LogP contribution in [-0.2, 0) is 10.9 Å². The second-order valence-electron chi connectivity index (χ2n) is 4.16. The van der Waals surface area contributed by atoms with E-state index in [0.717, 1.165) is 12.5 Å². The Labute approximate surface area is 116 Å². The number of nitrogens with one attached hydrogen (secondary N) is 2. The van der Waals surface area contributed by atoms with E-state index in [1.165, 1.54) is 0 Å². The maximum Gasteiger partial charge on any atom is 0.433 e. The fourth-order valence-corrected chi connectivity index (χ4v) is 1.43. The third-order valence-corrected chi connectivity index (χ3v) is 2.38. The first-order chi connectivity index (χ1) is 9.47. The molecule has 0 atom stereocenters. The molecule has 1 aromatic heterocycles. The molecule has 20 heavy (non-hydrogen) atoms. The standard InChI is InChI=1S/C12H19F3N4O/c1-3-5-17-11-18-9(12(13,14)15)8-10(19-11)16-6-4-7-20-2/h8H,3-7H2,1-2H3,(H2,16,17,18,19). The minimum Gasteiger partial charge on any atom is -0.385 e. The van der Waals surface area contributed by atoms with Crippen LogP contribution in [0.2, 0.25) is 0 Å². The quantitative estimate of drug-likeness (QED) is 0.722. The van der Waals surface area contributed by atoms with Gasteiger partial charge in [0.1, 0.15) is 5.82 Å². The van der Waals surface area contributed by atoms with Crippen LogP contribution in [0.3, 0.4) is 0 Å². The Kier molecular flexibility index (Phi) is 6.50. The molecule has 0 aliphatic rings. The van der Waals surface area contributed by atoms with E-state index >= 15 is 0 Å². The van der Waals surface area contributed by atoms with Crippen molar-refractivity contribution < 1.29 is 17.9 Å². The zero-order valence-electron chi connectivity index (χ0n) is 11.5. The number of hydrogen-bond donors (Lipinski definition) is 2. The normalized spacial score (nSPS) is 11.4. The zero-order valence-corrected chi connectivity index (χ0v) is 11.5. The second-order valence-corrected chi connectivity index (χ2v) is 4.16. The van der Waals surface area contributed by atoms with Crippen LogP contribution in [0, 0.1) is 0 Å². The fraction of sp³-hybridized carbons (Fsp3) is 0.667. The first-order valence-corrected chi connectivity index (χ1v) is 6.40. The van der Waals surface area contributed by atoms with E-state index in [1.807, 2.05) is 6.92 Å². The summed E-state index contributed by atoms with van der Waals surface area (Å²) >= 11 is 0. The third kappa shape index (κ3) is 5.60. The van der Waals surface area contributed by atoms with E-state index in [9.17, 15) is 13.2 Å². The van der Waals surface area contributed by atoms with E-state index in [-0.39, 0.29) is 11.8 Å². The first kappa shape index (κ1) is 16.5. The van der Waals surface area contributed by atoms with Gasteiger partial charge in [0.2, 0.25) is 5.95 Å². The van der Waals surface area contributed by atoms with Gasteiger partial charge in [0.25, 0.3) is 0 Å². The van der Waals surface area contributed by atoms with E-state index in [1.54, 1.807) is 7.11 Å². The number of nitrogens with zero attached hydrogens (tertiary/aromatic N) is 2. The van der Waals surface area contributed by atoms with Crippen molar-refractivity contribution in [2.45, 2.75) is 25.9 Å². The SMILES string of the molecule is CCCNc1nc(NCCCOC)cc(C(F)(F)F)n1. The third-order valence-electron chi connectivity index (χ3n) is 2.38. The highest BCUT2D eigenvalue weighted by Gasteiger charge is 2.33. The largest absolute Gasteiger partial charge is 0.433 e. The number of hydrogen-bond acceptors (Lipinski definition) is 5. The Morgan fingerprint density at radius 2 is 1.95 bits per heavy atom. The van der Waals surface area contributed by atoms with Crippen molar-refractivity contribution in [3.63, 3.8) is 0 Å². The Bertz CT molecular complexity index is 412. The Balaban J connectivity index is 2.80. The highest BCUT2D eigenvalue weighted by molar-refractivity contribution is 5.43. The molecule has 114 valence electrons. The average molecular weight is 292 g/mol. The second kappa shape index (κ2) is 7.88. The van der Waals surface area contributed by atoms with Crippen LogP contribution >= 0.6 is 0 Å². The smallest absolute Gasteiger partial charge is 0.385 e. The summed E-state index contributed by atoms with van der Waals surface area (Å²) in [6, 6.07) is 0.907. The summed E-state index contributed by atoms with van der Waals surface area (Å²) in [6.45, 7) is 3.44. The summed E-state index contributed by atoms with van der Waals surface area (Å²) in [5, 5.41) is 5.60. The van der Waals surface area contributed by atoms with Crippen LogP contribution in [-0.4, -0.2) is 36.8 Å². The monoisotopic (exact) mass is 292 g/mol. The average Bonchev–Trinajstić information content (AvgIpc) is 2.40. The van der Waals surface area contributed by atoms with Crippen LogP contribution in [0.25, 0.3) is 0 Å². The van der Waals surface area contributed by atoms with Crippen molar-refractivity contribution in [1.82, 2.24) is 9.97 Å². The van der Waals surface area contributed by atoms with E-state index in [4.69, 9.17) is 4.74 Å². The van der Waals surface area contributed by atoms with Crippen LogP contribution in [0.15, 0.2) is 6.07 Å². The fourth-order valence-electron chi connectivity index (χ4n) is 1.43. The van der Waals surface area contributed by atoms with Crippen LogP contribution in [0.4, 0.5) is 24.9 Å². The molecule has 0 spiro atoms. The molecule has 0 bridgehead atoms. The zero-order chi connectivity index (χ0) is 15.0. The van der Waals surface area contributed by atoms with Gasteiger partial charge < -0.3 is 15.4 Å². The molecule has 0 aromatic carbocycles. The van der Waals surface area contributed by atoms with Gasteiger partial charge in [0.15, 0.2) is 5.69 Å². The topological polar surface area (TPSA) is 59.1 Å². The summed E-state index contributed by atoms with van der Waals surface area (Å²) in [4.78, 5) is 7.48. The van der Waals surface area contributed by atoms with Gasteiger partial charge in [-0.15, -0.1) is 0 Å². The van der Waals surface area contributed by atoms with Gasteiger partial charge in [0, 0.05) is 32.9 Å². The highest BCUT2D eigenvalue weighted by atomic mass is 19.4. The summed E-state index contributed by atoms with van der Waals surface area (Å²) in [5.74, 6) is 0.137. The molecule has 1 heterocycles. The first-order valence-electron chi connectivity index (χ1n) is 6.40. The van der Waals surface area contributed by atoms with E-state index in [0.29, 0.717) is 26.1 Å². The molecule has 0 saturated heterocycles. The molecule has 2 N–H and O–H groups in total. The van der Waals surface area contributed by atoms with Gasteiger partial charge in [0.05, 0.1) is 0 Å². The Morgan fingerprint density at radius 1 is 1.20 bits per heavy atom. The maximum atomic E-state index is 12.7. The predicted octanol–water partition coefficient (Wildman–Crippen LogP) is 2.77.